The summed E-state index contributed by atoms with van der Waals surface area (Å²) in [5.74, 6) is -6.22. The number of halogens is 4. The molecule has 2 aromatic rings. The standard InChI is InChI=1S/C31H38F4O4/c1-3-5-18-38-22-12-10-20(11-13-22)24-15-14-23(27(32)28(24)33)19-6-8-21(9-7-19)31(36)39-26-17-16-25(37-4-2)29(34)30(26)35/h14-17,19-22H,3-13,18H2,1-2H3. The largest absolute Gasteiger partial charge is 0.491 e. The van der Waals surface area contributed by atoms with E-state index in [1.54, 1.807) is 19.1 Å². The van der Waals surface area contributed by atoms with E-state index in [1.165, 1.54) is 12.1 Å². The molecule has 0 aromatic heterocycles. The van der Waals surface area contributed by atoms with Crippen LogP contribution in [0.5, 0.6) is 11.5 Å². The van der Waals surface area contributed by atoms with Gasteiger partial charge >= 0.3 is 5.97 Å². The Balaban J connectivity index is 1.32. The Morgan fingerprint density at radius 1 is 0.744 bits per heavy atom. The first-order valence-electron chi connectivity index (χ1n) is 14.3. The molecule has 8 heteroatoms. The van der Waals surface area contributed by atoms with Crippen LogP contribution in [0.1, 0.15) is 101 Å². The molecule has 2 fully saturated rings. The number of hydrogen-bond donors (Lipinski definition) is 0. The number of rotatable bonds is 10. The van der Waals surface area contributed by atoms with Gasteiger partial charge in [0.05, 0.1) is 18.6 Å². The first-order chi connectivity index (χ1) is 18.8. The number of esters is 1. The van der Waals surface area contributed by atoms with Crippen molar-refractivity contribution in [1.82, 2.24) is 0 Å². The molecule has 0 radical (unpaired) electrons. The average molecular weight is 551 g/mol. The van der Waals surface area contributed by atoms with Crippen LogP contribution in [0.25, 0.3) is 0 Å². The lowest BCUT2D eigenvalue weighted by molar-refractivity contribution is -0.140. The second kappa shape index (κ2) is 13.6. The highest BCUT2D eigenvalue weighted by Gasteiger charge is 2.33. The fourth-order valence-corrected chi connectivity index (χ4v) is 5.84. The molecule has 0 spiro atoms. The minimum atomic E-state index is -1.28. The maximum absolute atomic E-state index is 15.2. The van der Waals surface area contributed by atoms with E-state index in [0.717, 1.165) is 45.1 Å². The van der Waals surface area contributed by atoms with Gasteiger partial charge in [-0.2, -0.15) is 8.78 Å². The van der Waals surface area contributed by atoms with Crippen LogP contribution < -0.4 is 9.47 Å². The van der Waals surface area contributed by atoms with Crippen molar-refractivity contribution in [3.8, 4) is 11.5 Å². The molecule has 0 heterocycles. The molecule has 2 saturated carbocycles. The van der Waals surface area contributed by atoms with Gasteiger partial charge in [0.2, 0.25) is 11.6 Å². The minimum Gasteiger partial charge on any atom is -0.491 e. The van der Waals surface area contributed by atoms with E-state index in [0.29, 0.717) is 36.8 Å². The highest BCUT2D eigenvalue weighted by molar-refractivity contribution is 5.75. The molecular formula is C31H38F4O4. The third kappa shape index (κ3) is 6.94. The third-order valence-corrected chi connectivity index (χ3v) is 8.13. The van der Waals surface area contributed by atoms with Crippen molar-refractivity contribution in [3.63, 3.8) is 0 Å². The summed E-state index contributed by atoms with van der Waals surface area (Å²) in [7, 11) is 0. The molecule has 0 aliphatic heterocycles. The summed E-state index contributed by atoms with van der Waals surface area (Å²) in [5.41, 5.74) is 0.768. The number of carbonyl (C=O) groups excluding carboxylic acids is 1. The molecule has 2 aliphatic carbocycles. The van der Waals surface area contributed by atoms with Crippen molar-refractivity contribution in [2.24, 2.45) is 5.92 Å². The molecule has 4 nitrogen and oxygen atoms in total. The van der Waals surface area contributed by atoms with Gasteiger partial charge in [0.25, 0.3) is 0 Å². The summed E-state index contributed by atoms with van der Waals surface area (Å²) in [6, 6.07) is 5.80. The average Bonchev–Trinajstić information content (AvgIpc) is 2.95. The Morgan fingerprint density at radius 3 is 1.85 bits per heavy atom. The maximum Gasteiger partial charge on any atom is 0.314 e. The van der Waals surface area contributed by atoms with Gasteiger partial charge in [0, 0.05) is 6.61 Å². The number of carbonyl (C=O) groups is 1. The first kappa shape index (κ1) is 29.4. The lowest BCUT2D eigenvalue weighted by atomic mass is 9.77. The van der Waals surface area contributed by atoms with Crippen LogP contribution in [0.2, 0.25) is 0 Å². The molecule has 214 valence electrons. The van der Waals surface area contributed by atoms with Crippen molar-refractivity contribution >= 4 is 5.97 Å². The fourth-order valence-electron chi connectivity index (χ4n) is 5.84. The minimum absolute atomic E-state index is 0.0158. The van der Waals surface area contributed by atoms with E-state index >= 15 is 8.78 Å². The molecule has 2 aromatic carbocycles. The quantitative estimate of drug-likeness (QED) is 0.129. The zero-order valence-electron chi connectivity index (χ0n) is 22.7. The van der Waals surface area contributed by atoms with E-state index in [2.05, 4.69) is 6.92 Å². The van der Waals surface area contributed by atoms with Crippen LogP contribution >= 0.6 is 0 Å². The zero-order chi connectivity index (χ0) is 27.9. The van der Waals surface area contributed by atoms with Gasteiger partial charge in [0.1, 0.15) is 0 Å². The highest BCUT2D eigenvalue weighted by atomic mass is 19.2. The Kier molecular flexibility index (Phi) is 10.3. The van der Waals surface area contributed by atoms with E-state index < -0.39 is 40.9 Å². The lowest BCUT2D eigenvalue weighted by Crippen LogP contribution is -2.26. The number of ether oxygens (including phenoxy) is 3. The first-order valence-corrected chi connectivity index (χ1v) is 14.3. The van der Waals surface area contributed by atoms with Crippen molar-refractivity contribution in [2.75, 3.05) is 13.2 Å². The Hall–Kier alpha value is -2.61. The smallest absolute Gasteiger partial charge is 0.314 e. The van der Waals surface area contributed by atoms with Crippen LogP contribution in [0.3, 0.4) is 0 Å². The molecule has 39 heavy (non-hydrogen) atoms. The predicted molar refractivity (Wildman–Crippen MR) is 140 cm³/mol. The number of benzene rings is 2. The van der Waals surface area contributed by atoms with E-state index in [1.807, 2.05) is 0 Å². The summed E-state index contributed by atoms with van der Waals surface area (Å²) in [5, 5.41) is 0. The molecular weight excluding hydrogens is 512 g/mol. The molecule has 0 atom stereocenters. The Bertz CT molecular complexity index is 1120. The van der Waals surface area contributed by atoms with Crippen molar-refractivity contribution < 1.29 is 36.6 Å². The molecule has 0 bridgehead atoms. The van der Waals surface area contributed by atoms with Crippen molar-refractivity contribution in [2.45, 2.75) is 96.0 Å². The van der Waals surface area contributed by atoms with Crippen LogP contribution in [-0.2, 0) is 9.53 Å². The van der Waals surface area contributed by atoms with Crippen LogP contribution in [0, 0.1) is 29.2 Å². The Labute approximate surface area is 228 Å². The zero-order valence-corrected chi connectivity index (χ0v) is 22.7. The number of hydrogen-bond acceptors (Lipinski definition) is 4. The maximum atomic E-state index is 15.2. The lowest BCUT2D eigenvalue weighted by Gasteiger charge is -2.30. The summed E-state index contributed by atoms with van der Waals surface area (Å²) in [4.78, 5) is 12.6. The second-order valence-electron chi connectivity index (χ2n) is 10.7. The van der Waals surface area contributed by atoms with E-state index in [9.17, 15) is 13.6 Å². The molecule has 0 unspecified atom stereocenters. The van der Waals surface area contributed by atoms with E-state index in [-0.39, 0.29) is 30.3 Å². The van der Waals surface area contributed by atoms with Crippen LogP contribution in [-0.4, -0.2) is 25.3 Å². The van der Waals surface area contributed by atoms with Gasteiger partial charge < -0.3 is 14.2 Å². The molecule has 2 aliphatic rings. The highest BCUT2D eigenvalue weighted by Crippen LogP contribution is 2.41. The second-order valence-corrected chi connectivity index (χ2v) is 10.7. The van der Waals surface area contributed by atoms with Gasteiger partial charge in [-0.05, 0) is 99.8 Å². The fraction of sp³-hybridized carbons (Fsp3) is 0.581. The molecule has 0 saturated heterocycles. The van der Waals surface area contributed by atoms with Crippen molar-refractivity contribution in [3.05, 3.63) is 58.7 Å². The monoisotopic (exact) mass is 550 g/mol. The van der Waals surface area contributed by atoms with E-state index in [4.69, 9.17) is 14.2 Å². The molecule has 0 N–H and O–H groups in total. The summed E-state index contributed by atoms with van der Waals surface area (Å²) < 4.78 is 74.9. The van der Waals surface area contributed by atoms with Gasteiger partial charge in [-0.1, -0.05) is 25.5 Å². The normalized spacial score (nSPS) is 23.4. The van der Waals surface area contributed by atoms with Gasteiger partial charge in [0.15, 0.2) is 23.1 Å². The molecule has 0 amide bonds. The topological polar surface area (TPSA) is 44.8 Å². The number of unbranched alkanes of at least 4 members (excludes halogenated alkanes) is 1. The van der Waals surface area contributed by atoms with Gasteiger partial charge in [-0.3, -0.25) is 4.79 Å². The predicted octanol–water partition coefficient (Wildman–Crippen LogP) is 8.36. The van der Waals surface area contributed by atoms with Gasteiger partial charge in [-0.15, -0.1) is 0 Å². The van der Waals surface area contributed by atoms with Gasteiger partial charge in [-0.25, -0.2) is 8.78 Å². The SMILES string of the molecule is CCCCOC1CCC(c2ccc(C3CCC(C(=O)Oc4ccc(OCC)c(F)c4F)CC3)c(F)c2F)CC1. The summed E-state index contributed by atoms with van der Waals surface area (Å²) >= 11 is 0. The third-order valence-electron chi connectivity index (χ3n) is 8.13. The summed E-state index contributed by atoms with van der Waals surface area (Å²) in [6.07, 6.45) is 7.28. The molecule has 4 rings (SSSR count). The van der Waals surface area contributed by atoms with Crippen molar-refractivity contribution in [1.29, 1.82) is 0 Å². The Morgan fingerprint density at radius 2 is 1.28 bits per heavy atom. The van der Waals surface area contributed by atoms with Crippen LogP contribution in [0.15, 0.2) is 24.3 Å². The summed E-state index contributed by atoms with van der Waals surface area (Å²) in [6.45, 7) is 4.69. The van der Waals surface area contributed by atoms with Crippen LogP contribution in [0.4, 0.5) is 17.6 Å².